The third-order valence-corrected chi connectivity index (χ3v) is 4.91. The van der Waals surface area contributed by atoms with Crippen LogP contribution in [0.25, 0.3) is 0 Å². The van der Waals surface area contributed by atoms with Crippen molar-refractivity contribution in [1.29, 1.82) is 0 Å². The van der Waals surface area contributed by atoms with Gasteiger partial charge in [0.25, 0.3) is 0 Å². The Hall–Kier alpha value is -0.390. The molecule has 0 bridgehead atoms. The van der Waals surface area contributed by atoms with Crippen molar-refractivity contribution in [1.82, 2.24) is 4.72 Å². The van der Waals surface area contributed by atoms with Crippen LogP contribution in [-0.4, -0.2) is 13.7 Å². The predicted molar refractivity (Wildman–Crippen MR) is 59.9 cm³/mol. The van der Waals surface area contributed by atoms with Gasteiger partial charge in [-0.3, -0.25) is 0 Å². The van der Waals surface area contributed by atoms with Crippen molar-refractivity contribution < 1.29 is 8.42 Å². The van der Waals surface area contributed by atoms with Crippen LogP contribution < -0.4 is 4.72 Å². The van der Waals surface area contributed by atoms with Gasteiger partial charge in [-0.15, -0.1) is 11.3 Å². The topological polar surface area (TPSA) is 46.2 Å². The van der Waals surface area contributed by atoms with Crippen LogP contribution in [0.2, 0.25) is 0 Å². The van der Waals surface area contributed by atoms with E-state index in [2.05, 4.69) is 4.72 Å². The van der Waals surface area contributed by atoms with E-state index >= 15 is 0 Å². The van der Waals surface area contributed by atoms with Gasteiger partial charge in [-0.25, -0.2) is 13.1 Å². The molecule has 0 aromatic carbocycles. The summed E-state index contributed by atoms with van der Waals surface area (Å²) < 4.78 is 25.7. The molecule has 1 aromatic heterocycles. The molecule has 80 valence electrons. The fraction of sp³-hybridized carbons (Fsp3) is 0.556. The van der Waals surface area contributed by atoms with Gasteiger partial charge in [-0.1, -0.05) is 6.07 Å². The van der Waals surface area contributed by atoms with Crippen LogP contribution in [0.5, 0.6) is 0 Å². The zero-order valence-corrected chi connectivity index (χ0v) is 10.2. The molecule has 14 heavy (non-hydrogen) atoms. The van der Waals surface area contributed by atoms with Gasteiger partial charge in [0.15, 0.2) is 0 Å². The van der Waals surface area contributed by atoms with E-state index in [9.17, 15) is 8.42 Å². The molecule has 5 heteroatoms. The molecule has 0 saturated heterocycles. The quantitative estimate of drug-likeness (QED) is 0.866. The second-order valence-corrected chi connectivity index (χ2v) is 6.70. The lowest BCUT2D eigenvalue weighted by atomic mass is 10.3. The number of sulfonamides is 1. The maximum Gasteiger partial charge on any atom is 0.214 e. The minimum Gasteiger partial charge on any atom is -0.212 e. The van der Waals surface area contributed by atoms with Crippen LogP contribution in [0.4, 0.5) is 0 Å². The van der Waals surface area contributed by atoms with E-state index in [-0.39, 0.29) is 11.3 Å². The van der Waals surface area contributed by atoms with Gasteiger partial charge in [-0.05, 0) is 32.2 Å². The molecule has 1 heterocycles. The van der Waals surface area contributed by atoms with Crippen molar-refractivity contribution in [2.75, 3.05) is 0 Å². The summed E-state index contributed by atoms with van der Waals surface area (Å²) in [6.07, 6.45) is 0. The van der Waals surface area contributed by atoms with Gasteiger partial charge < -0.3 is 0 Å². The summed E-state index contributed by atoms with van der Waals surface area (Å²) >= 11 is 1.56. The number of thiophene rings is 1. The van der Waals surface area contributed by atoms with Crippen molar-refractivity contribution in [2.24, 2.45) is 0 Å². The number of rotatable bonds is 4. The SMILES string of the molecule is CC(C)S(=O)(=O)N[C@H](C)c1cccs1. The summed E-state index contributed by atoms with van der Waals surface area (Å²) in [6, 6.07) is 3.71. The van der Waals surface area contributed by atoms with E-state index < -0.39 is 10.0 Å². The molecule has 1 atom stereocenters. The Morgan fingerprint density at radius 2 is 2.00 bits per heavy atom. The standard InChI is InChI=1S/C9H15NO2S2/c1-7(2)14(11,12)10-8(3)9-5-4-6-13-9/h4-8,10H,1-3H3/t8-/m1/s1. The Morgan fingerprint density at radius 1 is 1.36 bits per heavy atom. The Morgan fingerprint density at radius 3 is 2.43 bits per heavy atom. The molecule has 1 rings (SSSR count). The maximum absolute atomic E-state index is 11.5. The molecule has 0 spiro atoms. The monoisotopic (exact) mass is 233 g/mol. The second kappa shape index (κ2) is 4.42. The van der Waals surface area contributed by atoms with E-state index in [0.717, 1.165) is 4.88 Å². The smallest absolute Gasteiger partial charge is 0.212 e. The summed E-state index contributed by atoms with van der Waals surface area (Å²) in [6.45, 7) is 5.19. The lowest BCUT2D eigenvalue weighted by molar-refractivity contribution is 0.559. The fourth-order valence-electron chi connectivity index (χ4n) is 0.978. The molecular formula is C9H15NO2S2. The molecule has 1 aromatic rings. The Labute approximate surface area is 89.2 Å². The first-order valence-corrected chi connectivity index (χ1v) is 6.90. The summed E-state index contributed by atoms with van der Waals surface area (Å²) in [5, 5.41) is 1.56. The first-order valence-electron chi connectivity index (χ1n) is 4.48. The van der Waals surface area contributed by atoms with E-state index in [4.69, 9.17) is 0 Å². The highest BCUT2D eigenvalue weighted by molar-refractivity contribution is 7.90. The van der Waals surface area contributed by atoms with Crippen molar-refractivity contribution in [2.45, 2.75) is 32.1 Å². The second-order valence-electron chi connectivity index (χ2n) is 3.45. The van der Waals surface area contributed by atoms with Crippen LogP contribution in [0.15, 0.2) is 17.5 Å². The molecule has 0 saturated carbocycles. The normalized spacial score (nSPS) is 14.6. The molecule has 0 aliphatic heterocycles. The minimum atomic E-state index is -3.17. The van der Waals surface area contributed by atoms with Gasteiger partial charge in [0, 0.05) is 4.88 Å². The largest absolute Gasteiger partial charge is 0.214 e. The van der Waals surface area contributed by atoms with Crippen LogP contribution in [0, 0.1) is 0 Å². The van der Waals surface area contributed by atoms with Gasteiger partial charge in [-0.2, -0.15) is 0 Å². The molecule has 0 aliphatic carbocycles. The molecule has 0 radical (unpaired) electrons. The van der Waals surface area contributed by atoms with Gasteiger partial charge in [0.1, 0.15) is 0 Å². The summed E-state index contributed by atoms with van der Waals surface area (Å²) in [5.74, 6) is 0. The molecule has 0 unspecified atom stereocenters. The lowest BCUT2D eigenvalue weighted by Crippen LogP contribution is -2.32. The third-order valence-electron chi connectivity index (χ3n) is 1.93. The first kappa shape index (κ1) is 11.7. The highest BCUT2D eigenvalue weighted by Gasteiger charge is 2.19. The van der Waals surface area contributed by atoms with E-state index in [1.807, 2.05) is 24.4 Å². The average molecular weight is 233 g/mol. The third kappa shape index (κ3) is 2.80. The maximum atomic E-state index is 11.5. The van der Waals surface area contributed by atoms with E-state index in [1.165, 1.54) is 0 Å². The fourth-order valence-corrected chi connectivity index (χ4v) is 2.68. The summed E-state index contributed by atoms with van der Waals surface area (Å²) in [4.78, 5) is 1.04. The highest BCUT2D eigenvalue weighted by Crippen LogP contribution is 2.19. The average Bonchev–Trinajstić information content (AvgIpc) is 2.54. The Balaban J connectivity index is 2.71. The van der Waals surface area contributed by atoms with Crippen molar-refractivity contribution in [3.63, 3.8) is 0 Å². The van der Waals surface area contributed by atoms with Crippen LogP contribution >= 0.6 is 11.3 Å². The molecule has 1 N–H and O–H groups in total. The number of nitrogens with one attached hydrogen (secondary N) is 1. The summed E-state index contributed by atoms with van der Waals surface area (Å²) in [7, 11) is -3.17. The Bertz CT molecular complexity index is 368. The zero-order valence-electron chi connectivity index (χ0n) is 8.52. The van der Waals surface area contributed by atoms with E-state index in [1.54, 1.807) is 25.2 Å². The van der Waals surface area contributed by atoms with Crippen LogP contribution in [-0.2, 0) is 10.0 Å². The molecule has 0 amide bonds. The Kier molecular flexibility index (Phi) is 3.69. The minimum absolute atomic E-state index is 0.137. The van der Waals surface area contributed by atoms with Crippen molar-refractivity contribution in [3.05, 3.63) is 22.4 Å². The van der Waals surface area contributed by atoms with Gasteiger partial charge >= 0.3 is 0 Å². The highest BCUT2D eigenvalue weighted by atomic mass is 32.2. The molecule has 0 aliphatic rings. The lowest BCUT2D eigenvalue weighted by Gasteiger charge is -2.14. The predicted octanol–water partition coefficient (Wildman–Crippen LogP) is 2.14. The van der Waals surface area contributed by atoms with Crippen molar-refractivity contribution in [3.8, 4) is 0 Å². The zero-order chi connectivity index (χ0) is 10.8. The molecule has 3 nitrogen and oxygen atoms in total. The van der Waals surface area contributed by atoms with Crippen LogP contribution in [0.1, 0.15) is 31.7 Å². The summed E-state index contributed by atoms with van der Waals surface area (Å²) in [5.41, 5.74) is 0. The molecular weight excluding hydrogens is 218 g/mol. The van der Waals surface area contributed by atoms with Crippen LogP contribution in [0.3, 0.4) is 0 Å². The first-order chi connectivity index (χ1) is 6.43. The van der Waals surface area contributed by atoms with Gasteiger partial charge in [0.2, 0.25) is 10.0 Å². The van der Waals surface area contributed by atoms with Crippen molar-refractivity contribution >= 4 is 21.4 Å². The van der Waals surface area contributed by atoms with E-state index in [0.29, 0.717) is 0 Å². The van der Waals surface area contributed by atoms with Gasteiger partial charge in [0.05, 0.1) is 11.3 Å². The molecule has 0 fully saturated rings. The number of hydrogen-bond acceptors (Lipinski definition) is 3. The number of hydrogen-bond donors (Lipinski definition) is 1.